The van der Waals surface area contributed by atoms with E-state index in [4.69, 9.17) is 9.26 Å². The molecule has 1 fully saturated rings. The van der Waals surface area contributed by atoms with Gasteiger partial charge < -0.3 is 13.8 Å². The number of alkyl halides is 2. The van der Waals surface area contributed by atoms with Crippen LogP contribution < -0.4 is 4.74 Å². The summed E-state index contributed by atoms with van der Waals surface area (Å²) in [7, 11) is 0. The molecule has 2 aromatic heterocycles. The van der Waals surface area contributed by atoms with Gasteiger partial charge in [-0.1, -0.05) is 18.0 Å². The van der Waals surface area contributed by atoms with E-state index >= 15 is 0 Å². The fourth-order valence-electron chi connectivity index (χ4n) is 3.71. The minimum absolute atomic E-state index is 0.0455. The molecule has 0 spiro atoms. The summed E-state index contributed by atoms with van der Waals surface area (Å²) in [6, 6.07) is 6.52. The lowest BCUT2D eigenvalue weighted by molar-refractivity contribution is -0.119. The second-order valence-corrected chi connectivity index (χ2v) is 7.74. The van der Waals surface area contributed by atoms with Crippen LogP contribution in [0.25, 0.3) is 0 Å². The maximum absolute atomic E-state index is 13.6. The summed E-state index contributed by atoms with van der Waals surface area (Å²) in [4.78, 5) is 5.54. The molecule has 0 N–H and O–H groups in total. The van der Waals surface area contributed by atoms with Crippen LogP contribution in [0.1, 0.15) is 49.0 Å². The van der Waals surface area contributed by atoms with Gasteiger partial charge in [-0.25, -0.2) is 9.88 Å². The van der Waals surface area contributed by atoms with Gasteiger partial charge in [0.05, 0.1) is 13.2 Å². The summed E-state index contributed by atoms with van der Waals surface area (Å²) in [5.41, 5.74) is 1.60. The van der Waals surface area contributed by atoms with Gasteiger partial charge in [0.15, 0.2) is 0 Å². The molecule has 6 nitrogen and oxygen atoms in total. The zero-order valence-corrected chi connectivity index (χ0v) is 18.1. The Morgan fingerprint density at radius 1 is 1.22 bits per heavy atom. The largest absolute Gasteiger partial charge is 0.494 e. The highest BCUT2D eigenvalue weighted by Crippen LogP contribution is 2.31. The van der Waals surface area contributed by atoms with Crippen molar-refractivity contribution in [2.45, 2.75) is 45.2 Å². The van der Waals surface area contributed by atoms with Gasteiger partial charge in [0.1, 0.15) is 17.3 Å². The molecule has 1 saturated heterocycles. The van der Waals surface area contributed by atoms with E-state index < -0.39 is 6.05 Å². The SMILES string of the molecule is CCc1nccn1Cc1cc(C#Cc2ccc(OCCCN3CCCC3(F)F)cc2)on1. The van der Waals surface area contributed by atoms with Gasteiger partial charge in [-0.3, -0.25) is 0 Å². The van der Waals surface area contributed by atoms with Crippen LogP contribution in [0.5, 0.6) is 5.75 Å². The van der Waals surface area contributed by atoms with Crippen LogP contribution in [0, 0.1) is 11.8 Å². The van der Waals surface area contributed by atoms with Gasteiger partial charge in [-0.05, 0) is 43.0 Å². The Kier molecular flexibility index (Phi) is 6.86. The molecule has 0 unspecified atom stereocenters. The Labute approximate surface area is 186 Å². The zero-order chi connectivity index (χ0) is 22.4. The van der Waals surface area contributed by atoms with Crippen molar-refractivity contribution in [2.75, 3.05) is 19.7 Å². The van der Waals surface area contributed by atoms with Gasteiger partial charge in [0.2, 0.25) is 5.76 Å². The third-order valence-electron chi connectivity index (χ3n) is 5.40. The molecule has 1 aromatic carbocycles. The Hall–Kier alpha value is -3.18. The summed E-state index contributed by atoms with van der Waals surface area (Å²) < 4.78 is 40.2. The summed E-state index contributed by atoms with van der Waals surface area (Å²) >= 11 is 0. The van der Waals surface area contributed by atoms with E-state index in [0.717, 1.165) is 23.5 Å². The summed E-state index contributed by atoms with van der Waals surface area (Å²) in [5.74, 6) is 8.21. The Morgan fingerprint density at radius 3 is 2.81 bits per heavy atom. The van der Waals surface area contributed by atoms with Crippen molar-refractivity contribution in [2.24, 2.45) is 0 Å². The molecule has 1 aliphatic rings. The number of hydrogen-bond donors (Lipinski definition) is 0. The number of aromatic nitrogens is 3. The minimum atomic E-state index is -2.66. The lowest BCUT2D eigenvalue weighted by atomic mass is 10.2. The maximum Gasteiger partial charge on any atom is 0.304 e. The number of imidazole rings is 1. The van der Waals surface area contributed by atoms with Gasteiger partial charge in [-0.2, -0.15) is 8.78 Å². The van der Waals surface area contributed by atoms with Crippen molar-refractivity contribution in [3.63, 3.8) is 0 Å². The second-order valence-electron chi connectivity index (χ2n) is 7.74. The first-order valence-corrected chi connectivity index (χ1v) is 10.9. The molecule has 1 aliphatic heterocycles. The van der Waals surface area contributed by atoms with Crippen LogP contribution in [-0.4, -0.2) is 45.4 Å². The number of ether oxygens (including phenoxy) is 1. The summed E-state index contributed by atoms with van der Waals surface area (Å²) in [6.07, 6.45) is 5.62. The molecule has 168 valence electrons. The predicted octanol–water partition coefficient (Wildman–Crippen LogP) is 4.34. The highest BCUT2D eigenvalue weighted by Gasteiger charge is 2.40. The minimum Gasteiger partial charge on any atom is -0.494 e. The molecule has 0 radical (unpaired) electrons. The van der Waals surface area contributed by atoms with Crippen LogP contribution in [0.4, 0.5) is 8.78 Å². The van der Waals surface area contributed by atoms with Crippen molar-refractivity contribution >= 4 is 0 Å². The molecule has 32 heavy (non-hydrogen) atoms. The monoisotopic (exact) mass is 440 g/mol. The number of rotatable bonds is 8. The highest BCUT2D eigenvalue weighted by atomic mass is 19.3. The smallest absolute Gasteiger partial charge is 0.304 e. The van der Waals surface area contributed by atoms with Gasteiger partial charge >= 0.3 is 6.05 Å². The average Bonchev–Trinajstić information content (AvgIpc) is 3.51. The fraction of sp³-hybridized carbons (Fsp3) is 0.417. The molecule has 0 atom stereocenters. The standard InChI is InChI=1S/C24H26F2N4O2/c1-2-23-27-12-15-29(23)18-20-17-22(32-28-20)10-7-19-5-8-21(9-6-19)31-16-4-14-30-13-3-11-24(30,25)26/h5-6,8-9,12,15,17H,2-4,11,13-14,16,18H2,1H3. The number of halogens is 2. The molecule has 3 aromatic rings. The molecule has 4 rings (SSSR count). The molecule has 0 bridgehead atoms. The average molecular weight is 440 g/mol. The van der Waals surface area contributed by atoms with E-state index in [1.54, 1.807) is 6.20 Å². The van der Waals surface area contributed by atoms with E-state index in [0.29, 0.717) is 50.6 Å². The normalized spacial score (nSPS) is 15.5. The molecule has 0 aliphatic carbocycles. The number of likely N-dealkylation sites (tertiary alicyclic amines) is 1. The lowest BCUT2D eigenvalue weighted by Gasteiger charge is -2.23. The zero-order valence-electron chi connectivity index (χ0n) is 18.1. The van der Waals surface area contributed by atoms with Gasteiger partial charge in [-0.15, -0.1) is 0 Å². The van der Waals surface area contributed by atoms with Crippen LogP contribution >= 0.6 is 0 Å². The second kappa shape index (κ2) is 9.96. The van der Waals surface area contributed by atoms with Crippen molar-refractivity contribution in [3.8, 4) is 17.6 Å². The van der Waals surface area contributed by atoms with Crippen LogP contribution in [0.3, 0.4) is 0 Å². The topological polar surface area (TPSA) is 56.3 Å². The van der Waals surface area contributed by atoms with Gasteiger partial charge in [0.25, 0.3) is 0 Å². The molecular weight excluding hydrogens is 414 g/mol. The van der Waals surface area contributed by atoms with Gasteiger partial charge in [0, 0.05) is 50.0 Å². The summed E-state index contributed by atoms with van der Waals surface area (Å²) in [6.45, 7) is 3.85. The number of aryl methyl sites for hydroxylation is 1. The Morgan fingerprint density at radius 2 is 2.06 bits per heavy atom. The first-order chi connectivity index (χ1) is 15.5. The number of nitrogens with zero attached hydrogens (tertiary/aromatic N) is 4. The van der Waals surface area contributed by atoms with Crippen LogP contribution in [0.15, 0.2) is 47.2 Å². The van der Waals surface area contributed by atoms with Crippen molar-refractivity contribution in [1.29, 1.82) is 0 Å². The van der Waals surface area contributed by atoms with E-state index in [2.05, 4.69) is 28.9 Å². The van der Waals surface area contributed by atoms with E-state index in [-0.39, 0.29) is 6.42 Å². The highest BCUT2D eigenvalue weighted by molar-refractivity contribution is 5.41. The first-order valence-electron chi connectivity index (χ1n) is 10.9. The summed E-state index contributed by atoms with van der Waals surface area (Å²) in [5, 5.41) is 4.08. The van der Waals surface area contributed by atoms with E-state index in [1.807, 2.05) is 41.1 Å². The third-order valence-corrected chi connectivity index (χ3v) is 5.40. The van der Waals surface area contributed by atoms with Crippen molar-refractivity contribution < 1.29 is 18.0 Å². The quantitative estimate of drug-likeness (QED) is 0.296. The fourth-order valence-corrected chi connectivity index (χ4v) is 3.71. The Balaban J connectivity index is 1.25. The van der Waals surface area contributed by atoms with E-state index in [9.17, 15) is 8.78 Å². The molecule has 8 heteroatoms. The molecule has 0 amide bonds. The first kappa shape index (κ1) is 22.0. The van der Waals surface area contributed by atoms with Crippen LogP contribution in [-0.2, 0) is 13.0 Å². The number of hydrogen-bond acceptors (Lipinski definition) is 5. The molecule has 0 saturated carbocycles. The van der Waals surface area contributed by atoms with Crippen LogP contribution in [0.2, 0.25) is 0 Å². The lowest BCUT2D eigenvalue weighted by Crippen LogP contribution is -2.36. The molecule has 3 heterocycles. The number of benzene rings is 1. The van der Waals surface area contributed by atoms with Crippen molar-refractivity contribution in [1.82, 2.24) is 19.6 Å². The maximum atomic E-state index is 13.6. The van der Waals surface area contributed by atoms with E-state index in [1.165, 1.54) is 4.90 Å². The Bertz CT molecular complexity index is 1080. The van der Waals surface area contributed by atoms with Crippen molar-refractivity contribution in [3.05, 3.63) is 65.6 Å². The predicted molar refractivity (Wildman–Crippen MR) is 115 cm³/mol. The third kappa shape index (κ3) is 5.54. The molecular formula is C24H26F2N4O2.